The van der Waals surface area contributed by atoms with Crippen LogP contribution in [0.5, 0.6) is 0 Å². The van der Waals surface area contributed by atoms with E-state index in [4.69, 9.17) is 5.26 Å². The zero-order valence-corrected chi connectivity index (χ0v) is 8.49. The van der Waals surface area contributed by atoms with Crippen LogP contribution in [0.4, 0.5) is 0 Å². The number of rotatable bonds is 3. The molecule has 14 heavy (non-hydrogen) atoms. The second-order valence-corrected chi connectivity index (χ2v) is 2.86. The lowest BCUT2D eigenvalue weighted by molar-refractivity contribution is 0.926. The van der Waals surface area contributed by atoms with E-state index in [0.717, 1.165) is 29.9 Å². The molecule has 0 N–H and O–H groups in total. The molecule has 3 nitrogen and oxygen atoms in total. The van der Waals surface area contributed by atoms with Gasteiger partial charge in [0, 0.05) is 12.3 Å². The Bertz CT molecular complexity index is 375. The monoisotopic (exact) mass is 187 g/mol. The van der Waals surface area contributed by atoms with Gasteiger partial charge in [-0.05, 0) is 18.9 Å². The third kappa shape index (κ3) is 2.40. The zero-order chi connectivity index (χ0) is 10.4. The van der Waals surface area contributed by atoms with Gasteiger partial charge in [-0.2, -0.15) is 5.26 Å². The maximum atomic E-state index is 8.43. The predicted octanol–water partition coefficient (Wildman–Crippen LogP) is 2.14. The normalized spacial score (nSPS) is 10.4. The van der Waals surface area contributed by atoms with Crippen molar-refractivity contribution in [2.45, 2.75) is 26.7 Å². The first-order valence-electron chi connectivity index (χ1n) is 4.72. The maximum Gasteiger partial charge on any atom is 0.0912 e. The molecule has 1 rings (SSSR count). The van der Waals surface area contributed by atoms with E-state index < -0.39 is 0 Å². The highest BCUT2D eigenvalue weighted by atomic mass is 14.8. The standard InChI is InChI=1S/C11H13N3/c1-3-9-8-13-10(4-2)11(14-9)6-5-7-12/h5-6,8H,3-4H2,1-2H3. The molecule has 1 heterocycles. The Kier molecular flexibility index (Phi) is 3.81. The summed E-state index contributed by atoms with van der Waals surface area (Å²) in [5, 5.41) is 8.43. The number of hydrogen-bond donors (Lipinski definition) is 0. The number of aromatic nitrogens is 2. The Morgan fingerprint density at radius 3 is 2.79 bits per heavy atom. The SMILES string of the molecule is CCc1cnc(CC)c(C=CC#N)n1. The van der Waals surface area contributed by atoms with Gasteiger partial charge in [0.15, 0.2) is 0 Å². The van der Waals surface area contributed by atoms with E-state index in [-0.39, 0.29) is 0 Å². The second kappa shape index (κ2) is 5.13. The van der Waals surface area contributed by atoms with Crippen molar-refractivity contribution in [2.24, 2.45) is 0 Å². The minimum Gasteiger partial charge on any atom is -0.257 e. The van der Waals surface area contributed by atoms with E-state index in [1.165, 1.54) is 6.08 Å². The van der Waals surface area contributed by atoms with Gasteiger partial charge in [-0.15, -0.1) is 0 Å². The largest absolute Gasteiger partial charge is 0.257 e. The molecule has 0 aliphatic heterocycles. The van der Waals surface area contributed by atoms with Crippen LogP contribution in [-0.2, 0) is 12.8 Å². The molecule has 0 aliphatic rings. The smallest absolute Gasteiger partial charge is 0.0912 e. The highest BCUT2D eigenvalue weighted by Gasteiger charge is 2.01. The minimum absolute atomic E-state index is 0.813. The van der Waals surface area contributed by atoms with Crippen LogP contribution >= 0.6 is 0 Å². The maximum absolute atomic E-state index is 8.43. The first-order valence-corrected chi connectivity index (χ1v) is 4.72. The van der Waals surface area contributed by atoms with Gasteiger partial charge in [0.1, 0.15) is 0 Å². The molecule has 0 amide bonds. The average molecular weight is 187 g/mol. The first-order chi connectivity index (χ1) is 6.81. The summed E-state index contributed by atoms with van der Waals surface area (Å²) < 4.78 is 0. The highest BCUT2D eigenvalue weighted by Crippen LogP contribution is 2.07. The van der Waals surface area contributed by atoms with E-state index >= 15 is 0 Å². The number of nitriles is 1. The van der Waals surface area contributed by atoms with Gasteiger partial charge < -0.3 is 0 Å². The number of aryl methyl sites for hydroxylation is 2. The Morgan fingerprint density at radius 2 is 2.21 bits per heavy atom. The Labute approximate surface area is 84.1 Å². The fraction of sp³-hybridized carbons (Fsp3) is 0.364. The lowest BCUT2D eigenvalue weighted by atomic mass is 10.2. The molecule has 72 valence electrons. The van der Waals surface area contributed by atoms with Gasteiger partial charge in [-0.25, -0.2) is 4.98 Å². The Balaban J connectivity index is 3.09. The molecule has 0 spiro atoms. The van der Waals surface area contributed by atoms with Crippen molar-refractivity contribution in [3.05, 3.63) is 29.4 Å². The van der Waals surface area contributed by atoms with Gasteiger partial charge in [0.25, 0.3) is 0 Å². The zero-order valence-electron chi connectivity index (χ0n) is 8.49. The molecule has 0 aliphatic carbocycles. The van der Waals surface area contributed by atoms with Crippen LogP contribution in [0.2, 0.25) is 0 Å². The van der Waals surface area contributed by atoms with E-state index in [9.17, 15) is 0 Å². The molecule has 1 aromatic rings. The summed E-state index contributed by atoms with van der Waals surface area (Å²) in [4.78, 5) is 8.70. The van der Waals surface area contributed by atoms with Crippen LogP contribution in [0.15, 0.2) is 12.3 Å². The third-order valence-electron chi connectivity index (χ3n) is 1.94. The fourth-order valence-electron chi connectivity index (χ4n) is 1.16. The summed E-state index contributed by atoms with van der Waals surface area (Å²) in [6.07, 6.45) is 6.64. The van der Waals surface area contributed by atoms with Crippen molar-refractivity contribution in [2.75, 3.05) is 0 Å². The number of nitrogens with zero attached hydrogens (tertiary/aromatic N) is 3. The van der Waals surface area contributed by atoms with E-state index in [0.29, 0.717) is 0 Å². The molecular weight excluding hydrogens is 174 g/mol. The van der Waals surface area contributed by atoms with Gasteiger partial charge in [-0.3, -0.25) is 4.98 Å². The van der Waals surface area contributed by atoms with Crippen molar-refractivity contribution in [1.29, 1.82) is 5.26 Å². The Morgan fingerprint density at radius 1 is 1.43 bits per heavy atom. The van der Waals surface area contributed by atoms with Crippen LogP contribution in [0.25, 0.3) is 6.08 Å². The van der Waals surface area contributed by atoms with Crippen molar-refractivity contribution in [3.8, 4) is 6.07 Å². The second-order valence-electron chi connectivity index (χ2n) is 2.86. The van der Waals surface area contributed by atoms with E-state index in [2.05, 4.69) is 9.97 Å². The van der Waals surface area contributed by atoms with Crippen molar-refractivity contribution < 1.29 is 0 Å². The highest BCUT2D eigenvalue weighted by molar-refractivity contribution is 5.50. The first kappa shape index (κ1) is 10.4. The van der Waals surface area contributed by atoms with Gasteiger partial charge in [0.05, 0.1) is 23.2 Å². The van der Waals surface area contributed by atoms with Crippen molar-refractivity contribution in [3.63, 3.8) is 0 Å². The number of allylic oxidation sites excluding steroid dienone is 1. The summed E-state index contributed by atoms with van der Waals surface area (Å²) in [6.45, 7) is 4.06. The quantitative estimate of drug-likeness (QED) is 0.681. The molecule has 0 saturated heterocycles. The fourth-order valence-corrected chi connectivity index (χ4v) is 1.16. The third-order valence-corrected chi connectivity index (χ3v) is 1.94. The van der Waals surface area contributed by atoms with Crippen LogP contribution in [-0.4, -0.2) is 9.97 Å². The molecule has 0 atom stereocenters. The van der Waals surface area contributed by atoms with Gasteiger partial charge >= 0.3 is 0 Å². The molecule has 0 bridgehead atoms. The Hall–Kier alpha value is -1.69. The van der Waals surface area contributed by atoms with Crippen LogP contribution < -0.4 is 0 Å². The number of hydrogen-bond acceptors (Lipinski definition) is 3. The van der Waals surface area contributed by atoms with Crippen LogP contribution in [0.1, 0.15) is 30.9 Å². The van der Waals surface area contributed by atoms with Crippen LogP contribution in [0, 0.1) is 11.3 Å². The van der Waals surface area contributed by atoms with Crippen molar-refractivity contribution >= 4 is 6.08 Å². The van der Waals surface area contributed by atoms with Crippen molar-refractivity contribution in [1.82, 2.24) is 9.97 Å². The molecule has 0 radical (unpaired) electrons. The van der Waals surface area contributed by atoms with E-state index in [1.807, 2.05) is 19.9 Å². The molecule has 0 fully saturated rings. The minimum atomic E-state index is 0.813. The van der Waals surface area contributed by atoms with Gasteiger partial charge in [0.2, 0.25) is 0 Å². The summed E-state index contributed by atoms with van der Waals surface area (Å²) in [5.41, 5.74) is 2.71. The molecule has 0 unspecified atom stereocenters. The molecular formula is C11H13N3. The lowest BCUT2D eigenvalue weighted by Gasteiger charge is -2.02. The van der Waals surface area contributed by atoms with Gasteiger partial charge in [-0.1, -0.05) is 13.8 Å². The van der Waals surface area contributed by atoms with E-state index in [1.54, 1.807) is 12.3 Å². The summed E-state index contributed by atoms with van der Waals surface area (Å²) in [5.74, 6) is 0. The summed E-state index contributed by atoms with van der Waals surface area (Å²) >= 11 is 0. The molecule has 0 saturated carbocycles. The molecule has 3 heteroatoms. The average Bonchev–Trinajstić information content (AvgIpc) is 2.25. The summed E-state index contributed by atoms with van der Waals surface area (Å²) in [7, 11) is 0. The lowest BCUT2D eigenvalue weighted by Crippen LogP contribution is -1.99. The molecule has 1 aromatic heterocycles. The topological polar surface area (TPSA) is 49.6 Å². The molecule has 0 aromatic carbocycles. The summed E-state index contributed by atoms with van der Waals surface area (Å²) in [6, 6.07) is 1.96. The van der Waals surface area contributed by atoms with Crippen LogP contribution in [0.3, 0.4) is 0 Å². The predicted molar refractivity (Wildman–Crippen MR) is 55.4 cm³/mol.